The highest BCUT2D eigenvalue weighted by Crippen LogP contribution is 2.31. The summed E-state index contributed by atoms with van der Waals surface area (Å²) in [6.07, 6.45) is 1.70. The molecule has 112 valence electrons. The van der Waals surface area contributed by atoms with Crippen molar-refractivity contribution in [1.29, 1.82) is 0 Å². The van der Waals surface area contributed by atoms with Crippen molar-refractivity contribution in [2.45, 2.75) is 51.7 Å². The lowest BCUT2D eigenvalue weighted by atomic mass is 9.84. The molecule has 1 aromatic rings. The van der Waals surface area contributed by atoms with Crippen LogP contribution in [0.2, 0.25) is 0 Å². The molecule has 1 N–H and O–H groups in total. The Morgan fingerprint density at radius 1 is 1.20 bits per heavy atom. The molecule has 1 aliphatic rings. The van der Waals surface area contributed by atoms with E-state index in [1.165, 1.54) is 16.7 Å². The third-order valence-corrected chi connectivity index (χ3v) is 4.09. The number of aliphatic hydroxyl groups excluding tert-OH is 1. The highest BCUT2D eigenvalue weighted by molar-refractivity contribution is 5.29. The molecule has 0 spiro atoms. The van der Waals surface area contributed by atoms with Crippen LogP contribution in [0.25, 0.3) is 0 Å². The number of benzene rings is 1. The van der Waals surface area contributed by atoms with Crippen LogP contribution in [-0.2, 0) is 15.9 Å². The fraction of sp³-hybridized carbons (Fsp3) is 0.647. The minimum Gasteiger partial charge on any atom is -0.390 e. The molecule has 0 aromatic heterocycles. The van der Waals surface area contributed by atoms with Crippen molar-refractivity contribution in [2.24, 2.45) is 0 Å². The number of hydrogen-bond donors (Lipinski definition) is 1. The van der Waals surface area contributed by atoms with Crippen LogP contribution in [-0.4, -0.2) is 36.6 Å². The summed E-state index contributed by atoms with van der Waals surface area (Å²) in [5, 5.41) is 10.7. The van der Waals surface area contributed by atoms with E-state index >= 15 is 0 Å². The summed E-state index contributed by atoms with van der Waals surface area (Å²) in [5.41, 5.74) is 3.22. The van der Waals surface area contributed by atoms with Gasteiger partial charge in [0.05, 0.1) is 11.7 Å². The summed E-state index contributed by atoms with van der Waals surface area (Å²) in [6.45, 7) is 8.14. The zero-order valence-electron chi connectivity index (χ0n) is 12.8. The molecule has 3 heteroatoms. The minimum absolute atomic E-state index is 0.440. The smallest absolute Gasteiger partial charge is 0.0987 e. The number of rotatable bonds is 5. The van der Waals surface area contributed by atoms with E-state index in [1.807, 2.05) is 6.92 Å². The zero-order valence-corrected chi connectivity index (χ0v) is 12.8. The third kappa shape index (κ3) is 3.60. The van der Waals surface area contributed by atoms with Crippen LogP contribution in [0.15, 0.2) is 18.2 Å². The van der Waals surface area contributed by atoms with Gasteiger partial charge in [-0.15, -0.1) is 0 Å². The van der Waals surface area contributed by atoms with E-state index in [0.29, 0.717) is 26.2 Å². The van der Waals surface area contributed by atoms with Crippen LogP contribution in [0, 0.1) is 13.8 Å². The summed E-state index contributed by atoms with van der Waals surface area (Å²) < 4.78 is 11.4. The maximum Gasteiger partial charge on any atom is 0.0987 e. The van der Waals surface area contributed by atoms with Crippen LogP contribution >= 0.6 is 0 Å². The summed E-state index contributed by atoms with van der Waals surface area (Å²) in [5.74, 6) is 0. The molecular formula is C17H26O3. The van der Waals surface area contributed by atoms with Crippen molar-refractivity contribution >= 4 is 0 Å². The first-order chi connectivity index (χ1) is 9.55. The van der Waals surface area contributed by atoms with Crippen molar-refractivity contribution in [1.82, 2.24) is 0 Å². The number of hydrogen-bond acceptors (Lipinski definition) is 3. The lowest BCUT2D eigenvalue weighted by Gasteiger charge is -2.40. The molecular weight excluding hydrogens is 252 g/mol. The molecule has 1 heterocycles. The molecule has 1 saturated heterocycles. The largest absolute Gasteiger partial charge is 0.390 e. The number of aryl methyl sites for hydroxylation is 2. The van der Waals surface area contributed by atoms with Gasteiger partial charge >= 0.3 is 0 Å². The maximum atomic E-state index is 10.7. The van der Waals surface area contributed by atoms with E-state index in [2.05, 4.69) is 32.0 Å². The second-order valence-corrected chi connectivity index (χ2v) is 5.83. The van der Waals surface area contributed by atoms with Gasteiger partial charge in [0.1, 0.15) is 0 Å². The lowest BCUT2D eigenvalue weighted by molar-refractivity contribution is -0.165. The Balaban J connectivity index is 2.13. The van der Waals surface area contributed by atoms with Gasteiger partial charge in [0.2, 0.25) is 0 Å². The Morgan fingerprint density at radius 3 is 2.35 bits per heavy atom. The molecule has 0 amide bonds. The van der Waals surface area contributed by atoms with Gasteiger partial charge in [-0.25, -0.2) is 0 Å². The van der Waals surface area contributed by atoms with Gasteiger partial charge in [-0.05, 0) is 26.3 Å². The fourth-order valence-electron chi connectivity index (χ4n) is 3.17. The van der Waals surface area contributed by atoms with E-state index < -0.39 is 11.7 Å². The van der Waals surface area contributed by atoms with Gasteiger partial charge in [-0.1, -0.05) is 29.3 Å². The van der Waals surface area contributed by atoms with E-state index in [0.717, 1.165) is 12.8 Å². The third-order valence-electron chi connectivity index (χ3n) is 4.09. The summed E-state index contributed by atoms with van der Waals surface area (Å²) in [4.78, 5) is 0. The van der Waals surface area contributed by atoms with Crippen molar-refractivity contribution in [3.8, 4) is 0 Å². The van der Waals surface area contributed by atoms with Gasteiger partial charge in [0, 0.05) is 39.1 Å². The molecule has 1 atom stereocenters. The van der Waals surface area contributed by atoms with E-state index in [4.69, 9.17) is 9.47 Å². The molecule has 1 fully saturated rings. The topological polar surface area (TPSA) is 38.7 Å². The van der Waals surface area contributed by atoms with E-state index in [1.54, 1.807) is 0 Å². The van der Waals surface area contributed by atoms with Crippen LogP contribution in [0.5, 0.6) is 0 Å². The Labute approximate surface area is 121 Å². The minimum atomic E-state index is -0.479. The molecule has 1 aliphatic heterocycles. The highest BCUT2D eigenvalue weighted by atomic mass is 16.5. The Hall–Kier alpha value is -0.900. The van der Waals surface area contributed by atoms with Gasteiger partial charge in [-0.3, -0.25) is 0 Å². The number of ether oxygens (including phenoxy) is 2. The van der Waals surface area contributed by atoms with Crippen LogP contribution in [0.4, 0.5) is 0 Å². The fourth-order valence-corrected chi connectivity index (χ4v) is 3.17. The molecule has 0 saturated carbocycles. The number of aliphatic hydroxyl groups is 1. The maximum absolute atomic E-state index is 10.7. The van der Waals surface area contributed by atoms with Crippen molar-refractivity contribution in [3.63, 3.8) is 0 Å². The first-order valence-corrected chi connectivity index (χ1v) is 7.53. The first kappa shape index (κ1) is 15.5. The monoisotopic (exact) mass is 278 g/mol. The predicted molar refractivity (Wildman–Crippen MR) is 80.0 cm³/mol. The average Bonchev–Trinajstić information content (AvgIpc) is 2.38. The average molecular weight is 278 g/mol. The van der Waals surface area contributed by atoms with E-state index in [-0.39, 0.29) is 0 Å². The van der Waals surface area contributed by atoms with Crippen molar-refractivity contribution < 1.29 is 14.6 Å². The Bertz CT molecular complexity index is 410. The normalized spacial score (nSPS) is 19.8. The molecule has 1 unspecified atom stereocenters. The standard InChI is InChI=1S/C17H26O3/c1-4-20-17(5-7-19-8-6-17)16(18)12-15-10-13(2)9-14(3)11-15/h9-11,16,18H,4-8,12H2,1-3H3. The van der Waals surface area contributed by atoms with Gasteiger partial charge < -0.3 is 14.6 Å². The Kier molecular flexibility index (Phi) is 5.19. The molecule has 20 heavy (non-hydrogen) atoms. The van der Waals surface area contributed by atoms with Crippen LogP contribution < -0.4 is 0 Å². The van der Waals surface area contributed by atoms with E-state index in [9.17, 15) is 5.11 Å². The lowest BCUT2D eigenvalue weighted by Crippen LogP contribution is -2.50. The molecule has 2 rings (SSSR count). The Morgan fingerprint density at radius 2 is 1.80 bits per heavy atom. The zero-order chi connectivity index (χ0) is 14.6. The van der Waals surface area contributed by atoms with Crippen molar-refractivity contribution in [2.75, 3.05) is 19.8 Å². The quantitative estimate of drug-likeness (QED) is 0.900. The van der Waals surface area contributed by atoms with Gasteiger partial charge in [0.15, 0.2) is 0 Å². The SMILES string of the molecule is CCOC1(C(O)Cc2cc(C)cc(C)c2)CCOCC1. The summed E-state index contributed by atoms with van der Waals surface area (Å²) >= 11 is 0. The van der Waals surface area contributed by atoms with Crippen LogP contribution in [0.1, 0.15) is 36.5 Å². The first-order valence-electron chi connectivity index (χ1n) is 7.53. The predicted octanol–water partition coefficient (Wildman–Crippen LogP) is 2.79. The second kappa shape index (κ2) is 6.70. The van der Waals surface area contributed by atoms with Gasteiger partial charge in [0.25, 0.3) is 0 Å². The molecule has 1 aromatic carbocycles. The highest BCUT2D eigenvalue weighted by Gasteiger charge is 2.40. The van der Waals surface area contributed by atoms with Gasteiger partial charge in [-0.2, -0.15) is 0 Å². The second-order valence-electron chi connectivity index (χ2n) is 5.83. The van der Waals surface area contributed by atoms with Crippen molar-refractivity contribution in [3.05, 3.63) is 34.9 Å². The van der Waals surface area contributed by atoms with Crippen LogP contribution in [0.3, 0.4) is 0 Å². The summed E-state index contributed by atoms with van der Waals surface area (Å²) in [7, 11) is 0. The summed E-state index contributed by atoms with van der Waals surface area (Å²) in [6, 6.07) is 6.45. The molecule has 0 aliphatic carbocycles. The molecule has 0 radical (unpaired) electrons. The molecule has 3 nitrogen and oxygen atoms in total. The molecule has 0 bridgehead atoms.